The van der Waals surface area contributed by atoms with E-state index in [0.29, 0.717) is 6.07 Å². The molecule has 0 aliphatic rings. The predicted molar refractivity (Wildman–Crippen MR) is 106 cm³/mol. The number of methoxy groups -OCH3 is 1. The van der Waals surface area contributed by atoms with E-state index < -0.39 is 50.3 Å². The monoisotopic (exact) mass is 441 g/mol. The summed E-state index contributed by atoms with van der Waals surface area (Å²) in [6, 6.07) is 4.75. The van der Waals surface area contributed by atoms with Gasteiger partial charge in [0.15, 0.2) is 0 Å². The van der Waals surface area contributed by atoms with Crippen molar-refractivity contribution in [1.82, 2.24) is 4.72 Å². The molecule has 0 heterocycles. The van der Waals surface area contributed by atoms with Crippen molar-refractivity contribution in [3.8, 4) is 5.75 Å². The zero-order valence-electron chi connectivity index (χ0n) is 16.7. The van der Waals surface area contributed by atoms with E-state index >= 15 is 0 Å². The van der Waals surface area contributed by atoms with Crippen molar-refractivity contribution in [2.24, 2.45) is 5.73 Å². The second-order valence-electron chi connectivity index (χ2n) is 7.35. The van der Waals surface area contributed by atoms with E-state index in [-0.39, 0.29) is 16.2 Å². The summed E-state index contributed by atoms with van der Waals surface area (Å²) >= 11 is 0. The standard InChI is InChI=1S/C19H21F2N3O5S/c1-19(2,3)24-30(27,28)16-7-10(5-6-15(16)29-4)18(26)23-14-8-11(17(22)25)12(20)9-13(14)21/h5-9,24H,1-4H3,(H2,22,25)(H,23,26). The topological polar surface area (TPSA) is 128 Å². The highest BCUT2D eigenvalue weighted by Crippen LogP contribution is 2.27. The molecule has 0 saturated heterocycles. The summed E-state index contributed by atoms with van der Waals surface area (Å²) < 4.78 is 60.5. The van der Waals surface area contributed by atoms with Crippen molar-refractivity contribution in [2.45, 2.75) is 31.2 Å². The fourth-order valence-electron chi connectivity index (χ4n) is 2.51. The number of nitrogens with one attached hydrogen (secondary N) is 2. The molecule has 0 bridgehead atoms. The number of hydrogen-bond donors (Lipinski definition) is 3. The molecule has 0 radical (unpaired) electrons. The number of rotatable bonds is 6. The summed E-state index contributed by atoms with van der Waals surface area (Å²) in [4.78, 5) is 23.5. The van der Waals surface area contributed by atoms with Crippen LogP contribution in [0.15, 0.2) is 35.2 Å². The summed E-state index contributed by atoms with van der Waals surface area (Å²) in [7, 11) is -2.79. The molecule has 2 amide bonds. The highest BCUT2D eigenvalue weighted by atomic mass is 32.2. The Morgan fingerprint density at radius 2 is 1.70 bits per heavy atom. The van der Waals surface area contributed by atoms with Crippen molar-refractivity contribution >= 4 is 27.5 Å². The highest BCUT2D eigenvalue weighted by molar-refractivity contribution is 7.89. The largest absolute Gasteiger partial charge is 0.495 e. The minimum Gasteiger partial charge on any atom is -0.495 e. The maximum Gasteiger partial charge on any atom is 0.255 e. The van der Waals surface area contributed by atoms with E-state index in [0.717, 1.165) is 12.1 Å². The Balaban J connectivity index is 2.45. The van der Waals surface area contributed by atoms with Gasteiger partial charge in [-0.25, -0.2) is 21.9 Å². The molecule has 0 unspecified atom stereocenters. The number of anilines is 1. The molecule has 0 fully saturated rings. The zero-order valence-corrected chi connectivity index (χ0v) is 17.5. The van der Waals surface area contributed by atoms with Crippen LogP contribution in [-0.2, 0) is 10.0 Å². The molecule has 0 atom stereocenters. The number of primary amides is 1. The van der Waals surface area contributed by atoms with Crippen LogP contribution >= 0.6 is 0 Å². The first-order chi connectivity index (χ1) is 13.7. The van der Waals surface area contributed by atoms with Gasteiger partial charge in [0, 0.05) is 17.2 Å². The van der Waals surface area contributed by atoms with Crippen molar-refractivity contribution in [3.05, 3.63) is 53.1 Å². The molecular weight excluding hydrogens is 420 g/mol. The fraction of sp³-hybridized carbons (Fsp3) is 0.263. The fourth-order valence-corrected chi connectivity index (χ4v) is 4.13. The minimum absolute atomic E-state index is 0.00715. The molecule has 0 spiro atoms. The van der Waals surface area contributed by atoms with Crippen LogP contribution in [0.25, 0.3) is 0 Å². The minimum atomic E-state index is -4.06. The van der Waals surface area contributed by atoms with Crippen molar-refractivity contribution < 1.29 is 31.5 Å². The van der Waals surface area contributed by atoms with Crippen LogP contribution in [0.5, 0.6) is 5.75 Å². The van der Waals surface area contributed by atoms with Crippen molar-refractivity contribution in [2.75, 3.05) is 12.4 Å². The molecule has 11 heteroatoms. The maximum atomic E-state index is 14.0. The summed E-state index contributed by atoms with van der Waals surface area (Å²) in [6.07, 6.45) is 0. The molecule has 162 valence electrons. The van der Waals surface area contributed by atoms with Gasteiger partial charge in [0.05, 0.1) is 18.4 Å². The van der Waals surface area contributed by atoms with Gasteiger partial charge in [0.1, 0.15) is 22.3 Å². The van der Waals surface area contributed by atoms with Gasteiger partial charge in [-0.15, -0.1) is 0 Å². The van der Waals surface area contributed by atoms with Crippen molar-refractivity contribution in [1.29, 1.82) is 0 Å². The van der Waals surface area contributed by atoms with Crippen LogP contribution in [0.4, 0.5) is 14.5 Å². The Labute approximate surface area is 172 Å². The first-order valence-corrected chi connectivity index (χ1v) is 10.1. The Morgan fingerprint density at radius 3 is 2.23 bits per heavy atom. The molecule has 0 aliphatic heterocycles. The van der Waals surface area contributed by atoms with E-state index in [2.05, 4.69) is 10.0 Å². The normalized spacial score (nSPS) is 11.8. The van der Waals surface area contributed by atoms with Gasteiger partial charge in [-0.1, -0.05) is 0 Å². The molecular formula is C19H21F2N3O5S. The van der Waals surface area contributed by atoms with E-state index in [9.17, 15) is 26.8 Å². The summed E-state index contributed by atoms with van der Waals surface area (Å²) in [5.41, 5.74) is 2.97. The second-order valence-corrected chi connectivity index (χ2v) is 9.00. The lowest BCUT2D eigenvalue weighted by Crippen LogP contribution is -2.40. The molecule has 2 rings (SSSR count). The molecule has 0 aliphatic carbocycles. The molecule has 0 saturated carbocycles. The summed E-state index contributed by atoms with van der Waals surface area (Å²) in [5.74, 6) is -4.36. The van der Waals surface area contributed by atoms with Gasteiger partial charge in [0.25, 0.3) is 11.8 Å². The highest BCUT2D eigenvalue weighted by Gasteiger charge is 2.26. The number of amides is 2. The lowest BCUT2D eigenvalue weighted by Gasteiger charge is -2.21. The zero-order chi connectivity index (χ0) is 22.9. The average molecular weight is 441 g/mol. The third-order valence-corrected chi connectivity index (χ3v) is 5.51. The van der Waals surface area contributed by atoms with Crippen LogP contribution in [0, 0.1) is 11.6 Å². The van der Waals surface area contributed by atoms with Gasteiger partial charge in [-0.3, -0.25) is 9.59 Å². The second kappa shape index (κ2) is 8.36. The van der Waals surface area contributed by atoms with Gasteiger partial charge in [0.2, 0.25) is 10.0 Å². The number of carbonyl (C=O) groups excluding carboxylic acids is 2. The molecule has 4 N–H and O–H groups in total. The Kier molecular flexibility index (Phi) is 6.48. The van der Waals surface area contributed by atoms with Gasteiger partial charge < -0.3 is 15.8 Å². The molecule has 8 nitrogen and oxygen atoms in total. The molecule has 2 aromatic rings. The number of halogens is 2. The van der Waals surface area contributed by atoms with Crippen LogP contribution in [0.3, 0.4) is 0 Å². The van der Waals surface area contributed by atoms with Gasteiger partial charge >= 0.3 is 0 Å². The first kappa shape index (κ1) is 23.2. The summed E-state index contributed by atoms with van der Waals surface area (Å²) in [5, 5.41) is 2.17. The smallest absolute Gasteiger partial charge is 0.255 e. The lowest BCUT2D eigenvalue weighted by molar-refractivity contribution is 0.0992. The molecule has 0 aromatic heterocycles. The third-order valence-electron chi connectivity index (χ3n) is 3.73. The average Bonchev–Trinajstić information content (AvgIpc) is 2.61. The van der Waals surface area contributed by atoms with E-state index in [1.54, 1.807) is 20.8 Å². The van der Waals surface area contributed by atoms with Crippen molar-refractivity contribution in [3.63, 3.8) is 0 Å². The Bertz CT molecular complexity index is 1110. The first-order valence-electron chi connectivity index (χ1n) is 8.57. The van der Waals surface area contributed by atoms with Gasteiger partial charge in [-0.05, 0) is 45.0 Å². The third kappa shape index (κ3) is 5.30. The molecule has 30 heavy (non-hydrogen) atoms. The van der Waals surface area contributed by atoms with Crippen LogP contribution < -0.4 is 20.5 Å². The van der Waals surface area contributed by atoms with Crippen LogP contribution in [0.2, 0.25) is 0 Å². The Hall–Kier alpha value is -3.05. The Morgan fingerprint density at radius 1 is 1.07 bits per heavy atom. The maximum absolute atomic E-state index is 14.0. The SMILES string of the molecule is COc1ccc(C(=O)Nc2cc(C(N)=O)c(F)cc2F)cc1S(=O)(=O)NC(C)(C)C. The van der Waals surface area contributed by atoms with E-state index in [1.165, 1.54) is 19.2 Å². The quantitative estimate of drug-likeness (QED) is 0.634. The van der Waals surface area contributed by atoms with E-state index in [4.69, 9.17) is 10.5 Å². The lowest BCUT2D eigenvalue weighted by atomic mass is 10.1. The number of nitrogens with two attached hydrogens (primary N) is 1. The predicted octanol–water partition coefficient (Wildman–Crippen LogP) is 2.40. The molecule has 2 aromatic carbocycles. The van der Waals surface area contributed by atoms with E-state index in [1.807, 2.05) is 0 Å². The van der Waals surface area contributed by atoms with Crippen LogP contribution in [0.1, 0.15) is 41.5 Å². The number of sulfonamides is 1. The number of carbonyl (C=O) groups is 2. The summed E-state index contributed by atoms with van der Waals surface area (Å²) in [6.45, 7) is 4.92. The van der Waals surface area contributed by atoms with Gasteiger partial charge in [-0.2, -0.15) is 0 Å². The number of hydrogen-bond acceptors (Lipinski definition) is 5. The number of benzene rings is 2. The van der Waals surface area contributed by atoms with Crippen LogP contribution in [-0.4, -0.2) is 32.9 Å². The number of ether oxygens (including phenoxy) is 1.